The third-order valence-corrected chi connectivity index (χ3v) is 6.01. The van der Waals surface area contributed by atoms with E-state index >= 15 is 0 Å². The monoisotopic (exact) mass is 416 g/mol. The van der Waals surface area contributed by atoms with E-state index in [1.165, 1.54) is 11.6 Å². The van der Waals surface area contributed by atoms with Gasteiger partial charge in [0.15, 0.2) is 5.60 Å². The van der Waals surface area contributed by atoms with Crippen molar-refractivity contribution in [1.82, 2.24) is 10.6 Å². The van der Waals surface area contributed by atoms with E-state index in [0.29, 0.717) is 41.0 Å². The van der Waals surface area contributed by atoms with Crippen LogP contribution in [0.25, 0.3) is 16.5 Å². The lowest BCUT2D eigenvalue weighted by Gasteiger charge is -2.32. The molecule has 0 amide bonds. The van der Waals surface area contributed by atoms with Crippen LogP contribution in [0.3, 0.4) is 0 Å². The van der Waals surface area contributed by atoms with Crippen molar-refractivity contribution in [3.05, 3.63) is 82.5 Å². The molecule has 0 bridgehead atoms. The van der Waals surface area contributed by atoms with Crippen LogP contribution in [0.5, 0.6) is 5.75 Å². The Hall–Kier alpha value is -3.54. The molecule has 0 radical (unpaired) electrons. The summed E-state index contributed by atoms with van der Waals surface area (Å²) in [5.74, 6) is 0.750. The predicted octanol–water partition coefficient (Wildman–Crippen LogP) is 3.45. The van der Waals surface area contributed by atoms with Crippen LogP contribution in [0.1, 0.15) is 25.8 Å². The number of hydrogen-bond acceptors (Lipinski definition) is 6. The smallest absolute Gasteiger partial charge is 0.336 e. The third kappa shape index (κ3) is 3.38. The number of rotatable bonds is 4. The molecule has 6 heteroatoms. The molecular weight excluding hydrogens is 392 g/mol. The Balaban J connectivity index is 1.43. The van der Waals surface area contributed by atoms with Gasteiger partial charge in [-0.05, 0) is 50.2 Å². The highest BCUT2D eigenvalue weighted by Crippen LogP contribution is 2.41. The molecule has 3 heterocycles. The molecule has 0 fully saturated rings. The molecule has 5 rings (SSSR count). The fourth-order valence-corrected chi connectivity index (χ4v) is 4.40. The summed E-state index contributed by atoms with van der Waals surface area (Å²) in [5.41, 5.74) is 1.21. The Morgan fingerprint density at radius 1 is 1.13 bits per heavy atom. The third-order valence-electron chi connectivity index (χ3n) is 6.01. The number of ketones is 1. The maximum atomic E-state index is 13.2. The predicted molar refractivity (Wildman–Crippen MR) is 120 cm³/mol. The van der Waals surface area contributed by atoms with Gasteiger partial charge in [-0.1, -0.05) is 24.3 Å². The standard InChI is InChI=1S/C25H24N2O4/c1-25(2)24(29)18(14-26-12-11-16-13-27-19-6-4-3-5-17(16)19)22-20(31-25)9-7-15-8-10-21(28)30-23(15)22/h3-10,13-14,17,19,26-27H,11-12H2,1-2H3/b18-14-/t17-,19-/m0/s1. The van der Waals surface area contributed by atoms with Crippen molar-refractivity contribution in [2.75, 3.05) is 6.54 Å². The largest absolute Gasteiger partial charge is 0.479 e. The van der Waals surface area contributed by atoms with Gasteiger partial charge >= 0.3 is 5.63 Å². The van der Waals surface area contributed by atoms with E-state index in [2.05, 4.69) is 41.1 Å². The highest BCUT2D eigenvalue weighted by atomic mass is 16.5. The van der Waals surface area contributed by atoms with E-state index in [9.17, 15) is 9.59 Å². The molecule has 6 nitrogen and oxygen atoms in total. The Bertz CT molecular complexity index is 1250. The summed E-state index contributed by atoms with van der Waals surface area (Å²) in [6, 6.07) is 7.04. The number of nitrogens with one attached hydrogen (secondary N) is 2. The first-order valence-corrected chi connectivity index (χ1v) is 10.5. The van der Waals surface area contributed by atoms with Crippen LogP contribution in [-0.2, 0) is 4.79 Å². The summed E-state index contributed by atoms with van der Waals surface area (Å²) in [4.78, 5) is 25.0. The number of hydrogen-bond donors (Lipinski definition) is 2. The van der Waals surface area contributed by atoms with Gasteiger partial charge in [0.2, 0.25) is 5.78 Å². The number of ether oxygens (including phenoxy) is 1. The molecule has 0 spiro atoms. The zero-order chi connectivity index (χ0) is 21.6. The molecule has 0 saturated carbocycles. The molecule has 1 aliphatic carbocycles. The van der Waals surface area contributed by atoms with Crippen molar-refractivity contribution in [3.8, 4) is 5.75 Å². The summed E-state index contributed by atoms with van der Waals surface area (Å²) < 4.78 is 11.4. The molecule has 31 heavy (non-hydrogen) atoms. The number of carbonyl (C=O) groups is 1. The van der Waals surface area contributed by atoms with Crippen molar-refractivity contribution in [1.29, 1.82) is 0 Å². The molecule has 0 saturated heterocycles. The maximum Gasteiger partial charge on any atom is 0.336 e. The van der Waals surface area contributed by atoms with Gasteiger partial charge < -0.3 is 19.8 Å². The van der Waals surface area contributed by atoms with Gasteiger partial charge in [0.1, 0.15) is 11.3 Å². The molecule has 3 aliphatic rings. The van der Waals surface area contributed by atoms with E-state index in [-0.39, 0.29) is 5.78 Å². The second kappa shape index (κ2) is 7.30. The highest BCUT2D eigenvalue weighted by Gasteiger charge is 2.40. The highest BCUT2D eigenvalue weighted by molar-refractivity contribution is 6.28. The van der Waals surface area contributed by atoms with Gasteiger partial charge in [-0.2, -0.15) is 0 Å². The summed E-state index contributed by atoms with van der Waals surface area (Å²) in [6.45, 7) is 4.17. The minimum atomic E-state index is -1.01. The molecule has 2 atom stereocenters. The minimum Gasteiger partial charge on any atom is -0.479 e. The van der Waals surface area contributed by atoms with E-state index in [1.807, 2.05) is 12.1 Å². The van der Waals surface area contributed by atoms with Crippen molar-refractivity contribution < 1.29 is 13.9 Å². The molecule has 1 aromatic heterocycles. The number of allylic oxidation sites excluding steroid dienone is 2. The quantitative estimate of drug-likeness (QED) is 0.451. The first-order valence-electron chi connectivity index (χ1n) is 10.5. The minimum absolute atomic E-state index is 0.159. The van der Waals surface area contributed by atoms with Gasteiger partial charge in [0, 0.05) is 30.1 Å². The van der Waals surface area contributed by atoms with Crippen LogP contribution >= 0.6 is 0 Å². The van der Waals surface area contributed by atoms with E-state index in [4.69, 9.17) is 9.15 Å². The van der Waals surface area contributed by atoms with Crippen LogP contribution in [0.15, 0.2) is 75.8 Å². The topological polar surface area (TPSA) is 80.6 Å². The van der Waals surface area contributed by atoms with Gasteiger partial charge in [-0.15, -0.1) is 0 Å². The lowest BCUT2D eigenvalue weighted by molar-refractivity contribution is -0.126. The summed E-state index contributed by atoms with van der Waals surface area (Å²) in [7, 11) is 0. The molecule has 2 aliphatic heterocycles. The van der Waals surface area contributed by atoms with Gasteiger partial charge in [-0.3, -0.25) is 4.79 Å². The van der Waals surface area contributed by atoms with Crippen LogP contribution in [0.4, 0.5) is 0 Å². The van der Waals surface area contributed by atoms with Gasteiger partial charge in [-0.25, -0.2) is 4.79 Å². The molecular formula is C25H24N2O4. The van der Waals surface area contributed by atoms with Crippen molar-refractivity contribution in [2.24, 2.45) is 5.92 Å². The number of benzene rings is 1. The van der Waals surface area contributed by atoms with E-state index in [0.717, 1.165) is 11.8 Å². The summed E-state index contributed by atoms with van der Waals surface area (Å²) >= 11 is 0. The summed E-state index contributed by atoms with van der Waals surface area (Å²) in [6.07, 6.45) is 13.2. The Morgan fingerprint density at radius 2 is 1.94 bits per heavy atom. The second-order valence-corrected chi connectivity index (χ2v) is 8.52. The number of carbonyl (C=O) groups excluding carboxylic acids is 1. The van der Waals surface area contributed by atoms with E-state index < -0.39 is 11.2 Å². The normalized spacial score (nSPS) is 24.4. The fourth-order valence-electron chi connectivity index (χ4n) is 4.40. The van der Waals surface area contributed by atoms with Gasteiger partial charge in [0.25, 0.3) is 0 Å². The Labute approximate surface area is 180 Å². The summed E-state index contributed by atoms with van der Waals surface area (Å²) in [5, 5.41) is 7.44. The molecule has 1 aromatic carbocycles. The Kier molecular flexibility index (Phi) is 4.58. The lowest BCUT2D eigenvalue weighted by atomic mass is 9.87. The number of fused-ring (bicyclic) bond motifs is 4. The zero-order valence-corrected chi connectivity index (χ0v) is 17.5. The van der Waals surface area contributed by atoms with E-state index in [1.54, 1.807) is 26.1 Å². The average Bonchev–Trinajstić information content (AvgIpc) is 3.16. The fraction of sp³-hybridized carbons (Fsp3) is 0.280. The van der Waals surface area contributed by atoms with Crippen LogP contribution in [0.2, 0.25) is 0 Å². The van der Waals surface area contributed by atoms with Crippen LogP contribution in [-0.4, -0.2) is 24.0 Å². The van der Waals surface area contributed by atoms with Gasteiger partial charge in [0.05, 0.1) is 17.2 Å². The zero-order valence-electron chi connectivity index (χ0n) is 17.5. The first-order chi connectivity index (χ1) is 14.9. The average molecular weight is 416 g/mol. The second-order valence-electron chi connectivity index (χ2n) is 8.52. The molecule has 2 N–H and O–H groups in total. The SMILES string of the molecule is CC1(C)Oc2ccc3ccc(=O)oc3c2/C(=C/NCCC2=CN[C@H]3C=CC=C[C@@H]23)C1=O. The first kappa shape index (κ1) is 19.4. The molecule has 2 aromatic rings. The lowest BCUT2D eigenvalue weighted by Crippen LogP contribution is -2.42. The molecule has 0 unspecified atom stereocenters. The van der Waals surface area contributed by atoms with Crippen molar-refractivity contribution >= 4 is 22.3 Å². The Morgan fingerprint density at radius 3 is 2.81 bits per heavy atom. The molecule has 158 valence electrons. The maximum absolute atomic E-state index is 13.2. The number of Topliss-reactive ketones (excluding diaryl/α,β-unsaturated/α-hetero) is 1. The van der Waals surface area contributed by atoms with Crippen molar-refractivity contribution in [2.45, 2.75) is 31.9 Å². The van der Waals surface area contributed by atoms with Crippen molar-refractivity contribution in [3.63, 3.8) is 0 Å². The van der Waals surface area contributed by atoms with Crippen LogP contribution in [0, 0.1) is 5.92 Å². The van der Waals surface area contributed by atoms with Crippen LogP contribution < -0.4 is 21.0 Å².